The molecule has 1 fully saturated rings. The Kier molecular flexibility index (Phi) is 4.43. The molecule has 0 aliphatic heterocycles. The van der Waals surface area contributed by atoms with Crippen LogP contribution in [0.4, 0.5) is 0 Å². The lowest BCUT2D eigenvalue weighted by Gasteiger charge is -2.19. The van der Waals surface area contributed by atoms with E-state index in [9.17, 15) is 0 Å². The first kappa shape index (κ1) is 12.4. The van der Waals surface area contributed by atoms with Crippen molar-refractivity contribution >= 4 is 0 Å². The van der Waals surface area contributed by atoms with Crippen LogP contribution in [-0.2, 0) is 0 Å². The Labute approximate surface area is 104 Å². The number of hydrogen-bond donors (Lipinski definition) is 1. The van der Waals surface area contributed by atoms with Gasteiger partial charge in [-0.05, 0) is 56.3 Å². The van der Waals surface area contributed by atoms with E-state index in [0.717, 1.165) is 24.8 Å². The smallest absolute Gasteiger partial charge is 0.119 e. The first-order chi connectivity index (χ1) is 8.35. The normalized spacial score (nSPS) is 16.8. The Morgan fingerprint density at radius 3 is 2.82 bits per heavy atom. The zero-order valence-electron chi connectivity index (χ0n) is 10.9. The minimum absolute atomic E-state index is 0.523. The van der Waals surface area contributed by atoms with Crippen LogP contribution >= 0.6 is 0 Å². The third-order valence-corrected chi connectivity index (χ3v) is 3.24. The summed E-state index contributed by atoms with van der Waals surface area (Å²) in [4.78, 5) is 0. The molecule has 2 rings (SSSR count). The largest absolute Gasteiger partial charge is 0.494 e. The summed E-state index contributed by atoms with van der Waals surface area (Å²) < 4.78 is 5.57. The van der Waals surface area contributed by atoms with Gasteiger partial charge in [0.1, 0.15) is 5.75 Å². The van der Waals surface area contributed by atoms with E-state index in [-0.39, 0.29) is 0 Å². The lowest BCUT2D eigenvalue weighted by molar-refractivity contribution is 0.339. The van der Waals surface area contributed by atoms with Gasteiger partial charge in [-0.3, -0.25) is 0 Å². The van der Waals surface area contributed by atoms with Gasteiger partial charge >= 0.3 is 0 Å². The second kappa shape index (κ2) is 6.06. The molecule has 2 heteroatoms. The summed E-state index contributed by atoms with van der Waals surface area (Å²) in [5.41, 5.74) is 1.38. The molecule has 1 aliphatic rings. The van der Waals surface area contributed by atoms with Gasteiger partial charge in [0, 0.05) is 6.04 Å². The van der Waals surface area contributed by atoms with Gasteiger partial charge in [0.15, 0.2) is 0 Å². The molecule has 1 aromatic rings. The van der Waals surface area contributed by atoms with E-state index in [2.05, 4.69) is 30.4 Å². The van der Waals surface area contributed by atoms with Crippen molar-refractivity contribution in [1.29, 1.82) is 0 Å². The predicted molar refractivity (Wildman–Crippen MR) is 71.4 cm³/mol. The molecule has 0 spiro atoms. The number of nitrogens with one attached hydrogen (secondary N) is 1. The zero-order chi connectivity index (χ0) is 12.1. The van der Waals surface area contributed by atoms with Gasteiger partial charge in [-0.25, -0.2) is 0 Å². The number of rotatable bonds is 7. The van der Waals surface area contributed by atoms with Crippen molar-refractivity contribution in [3.05, 3.63) is 29.8 Å². The maximum atomic E-state index is 5.57. The van der Waals surface area contributed by atoms with Crippen molar-refractivity contribution < 1.29 is 4.74 Å². The van der Waals surface area contributed by atoms with E-state index in [1.807, 2.05) is 13.0 Å². The summed E-state index contributed by atoms with van der Waals surface area (Å²) in [6.07, 6.45) is 3.91. The van der Waals surface area contributed by atoms with Crippen molar-refractivity contribution in [1.82, 2.24) is 5.32 Å². The van der Waals surface area contributed by atoms with Crippen LogP contribution in [0, 0.1) is 5.92 Å². The first-order valence-corrected chi connectivity index (χ1v) is 6.81. The van der Waals surface area contributed by atoms with Crippen LogP contribution in [0.15, 0.2) is 24.3 Å². The van der Waals surface area contributed by atoms with E-state index in [1.165, 1.54) is 24.8 Å². The van der Waals surface area contributed by atoms with Crippen molar-refractivity contribution in [2.45, 2.75) is 39.2 Å². The zero-order valence-corrected chi connectivity index (χ0v) is 10.9. The van der Waals surface area contributed by atoms with Crippen LogP contribution < -0.4 is 10.1 Å². The van der Waals surface area contributed by atoms with Crippen LogP contribution in [0.2, 0.25) is 0 Å². The fourth-order valence-corrected chi connectivity index (χ4v) is 2.25. The number of benzene rings is 1. The Balaban J connectivity index is 2.08. The molecule has 1 unspecified atom stereocenters. The molecular weight excluding hydrogens is 210 g/mol. The summed E-state index contributed by atoms with van der Waals surface area (Å²) in [7, 11) is 0. The van der Waals surface area contributed by atoms with Gasteiger partial charge < -0.3 is 10.1 Å². The van der Waals surface area contributed by atoms with E-state index >= 15 is 0 Å². The third kappa shape index (κ3) is 3.47. The summed E-state index contributed by atoms with van der Waals surface area (Å²) >= 11 is 0. The van der Waals surface area contributed by atoms with E-state index in [4.69, 9.17) is 4.74 Å². The van der Waals surface area contributed by atoms with Gasteiger partial charge in [0.25, 0.3) is 0 Å². The highest BCUT2D eigenvalue weighted by Crippen LogP contribution is 2.41. The Hall–Kier alpha value is -1.02. The molecule has 0 radical (unpaired) electrons. The van der Waals surface area contributed by atoms with E-state index in [0.29, 0.717) is 6.04 Å². The molecule has 0 amide bonds. The molecule has 1 aromatic carbocycles. The van der Waals surface area contributed by atoms with Crippen LogP contribution in [0.1, 0.15) is 44.7 Å². The predicted octanol–water partition coefficient (Wildman–Crippen LogP) is 3.54. The van der Waals surface area contributed by atoms with Gasteiger partial charge in [-0.1, -0.05) is 19.1 Å². The monoisotopic (exact) mass is 233 g/mol. The molecule has 1 atom stereocenters. The van der Waals surface area contributed by atoms with Gasteiger partial charge in [-0.2, -0.15) is 0 Å². The van der Waals surface area contributed by atoms with Crippen molar-refractivity contribution in [2.75, 3.05) is 13.2 Å². The summed E-state index contributed by atoms with van der Waals surface area (Å²) in [5, 5.41) is 3.66. The van der Waals surface area contributed by atoms with Crippen LogP contribution in [0.3, 0.4) is 0 Å². The average molecular weight is 233 g/mol. The number of ether oxygens (including phenoxy) is 1. The second-order valence-corrected chi connectivity index (χ2v) is 4.77. The summed E-state index contributed by atoms with van der Waals surface area (Å²) in [5.74, 6) is 1.83. The molecule has 0 heterocycles. The lowest BCUT2D eigenvalue weighted by atomic mass is 10.0. The Morgan fingerprint density at radius 2 is 2.18 bits per heavy atom. The van der Waals surface area contributed by atoms with Crippen LogP contribution in [0.5, 0.6) is 5.75 Å². The van der Waals surface area contributed by atoms with Crippen molar-refractivity contribution in [3.63, 3.8) is 0 Å². The fourth-order valence-electron chi connectivity index (χ4n) is 2.25. The molecule has 0 bridgehead atoms. The molecule has 94 valence electrons. The maximum absolute atomic E-state index is 5.57. The second-order valence-electron chi connectivity index (χ2n) is 4.77. The minimum atomic E-state index is 0.523. The standard InChI is InChI=1S/C15H23NO/c1-3-10-16-15(12-8-9-12)13-6-5-7-14(11-13)17-4-2/h5-7,11-12,15-16H,3-4,8-10H2,1-2H3. The quantitative estimate of drug-likeness (QED) is 0.778. The van der Waals surface area contributed by atoms with Crippen molar-refractivity contribution in [3.8, 4) is 5.75 Å². The number of hydrogen-bond acceptors (Lipinski definition) is 2. The van der Waals surface area contributed by atoms with Gasteiger partial charge in [0.2, 0.25) is 0 Å². The molecule has 1 aliphatic carbocycles. The molecule has 1 saturated carbocycles. The summed E-state index contributed by atoms with van der Waals surface area (Å²) in [6, 6.07) is 9.07. The van der Waals surface area contributed by atoms with Crippen LogP contribution in [0.25, 0.3) is 0 Å². The molecular formula is C15H23NO. The first-order valence-electron chi connectivity index (χ1n) is 6.81. The highest BCUT2D eigenvalue weighted by Gasteiger charge is 2.31. The maximum Gasteiger partial charge on any atom is 0.119 e. The van der Waals surface area contributed by atoms with Crippen molar-refractivity contribution in [2.24, 2.45) is 5.92 Å². The van der Waals surface area contributed by atoms with Gasteiger partial charge in [-0.15, -0.1) is 0 Å². The Bertz CT molecular complexity index is 347. The molecule has 17 heavy (non-hydrogen) atoms. The highest BCUT2D eigenvalue weighted by atomic mass is 16.5. The average Bonchev–Trinajstić information content (AvgIpc) is 3.15. The van der Waals surface area contributed by atoms with Crippen LogP contribution in [-0.4, -0.2) is 13.2 Å². The highest BCUT2D eigenvalue weighted by molar-refractivity contribution is 5.31. The summed E-state index contributed by atoms with van der Waals surface area (Å²) in [6.45, 7) is 6.08. The SMILES string of the molecule is CCCNC(c1cccc(OCC)c1)C1CC1. The fraction of sp³-hybridized carbons (Fsp3) is 0.600. The molecule has 1 N–H and O–H groups in total. The van der Waals surface area contributed by atoms with E-state index < -0.39 is 0 Å². The molecule has 0 aromatic heterocycles. The third-order valence-electron chi connectivity index (χ3n) is 3.24. The topological polar surface area (TPSA) is 21.3 Å². The van der Waals surface area contributed by atoms with Gasteiger partial charge in [0.05, 0.1) is 6.61 Å². The minimum Gasteiger partial charge on any atom is -0.494 e. The van der Waals surface area contributed by atoms with E-state index in [1.54, 1.807) is 0 Å². The molecule has 2 nitrogen and oxygen atoms in total. The molecule has 0 saturated heterocycles. The lowest BCUT2D eigenvalue weighted by Crippen LogP contribution is -2.23. The Morgan fingerprint density at radius 1 is 1.35 bits per heavy atom.